The number of ketones is 1. The molecule has 6 heteroatoms. The molecule has 0 bridgehead atoms. The monoisotopic (exact) mass is 390 g/mol. The second-order valence-corrected chi connectivity index (χ2v) is 9.22. The quantitative estimate of drug-likeness (QED) is 0.581. The number of carbonyl (C=O) groups excluding carboxylic acids is 1. The van der Waals surface area contributed by atoms with Crippen LogP contribution in [0.5, 0.6) is 0 Å². The number of hydrogen-bond acceptors (Lipinski definition) is 3. The fourth-order valence-corrected chi connectivity index (χ4v) is 4.80. The minimum Gasteiger partial charge on any atom is -0.366 e. The third kappa shape index (κ3) is 4.20. The molecular weight excluding hydrogens is 356 g/mol. The molecule has 27 heavy (non-hydrogen) atoms. The number of fused-ring (bicyclic) bond motifs is 1. The van der Waals surface area contributed by atoms with Crippen molar-refractivity contribution in [3.8, 4) is 0 Å². The van der Waals surface area contributed by atoms with Crippen molar-refractivity contribution in [2.75, 3.05) is 13.6 Å². The Hall–Kier alpha value is -1.43. The van der Waals surface area contributed by atoms with Crippen LogP contribution in [0.2, 0.25) is 0 Å². The van der Waals surface area contributed by atoms with E-state index in [1.165, 1.54) is 19.3 Å². The van der Waals surface area contributed by atoms with Gasteiger partial charge in [-0.25, -0.2) is 0 Å². The van der Waals surface area contributed by atoms with Crippen molar-refractivity contribution < 1.29 is 4.79 Å². The average molecular weight is 391 g/mol. The molecule has 1 aliphatic carbocycles. The van der Waals surface area contributed by atoms with Crippen LogP contribution < -0.4 is 5.32 Å². The van der Waals surface area contributed by atoms with Crippen LogP contribution in [0.1, 0.15) is 93.5 Å². The average Bonchev–Trinajstić information content (AvgIpc) is 3.22. The van der Waals surface area contributed by atoms with E-state index in [1.807, 2.05) is 7.05 Å². The third-order valence-corrected chi connectivity index (χ3v) is 6.35. The van der Waals surface area contributed by atoms with Crippen LogP contribution in [0.15, 0.2) is 0 Å². The van der Waals surface area contributed by atoms with Gasteiger partial charge in [-0.2, -0.15) is 5.10 Å². The molecule has 0 aromatic carbocycles. The first-order valence-corrected chi connectivity index (χ1v) is 10.9. The maximum atomic E-state index is 13.1. The van der Waals surface area contributed by atoms with Gasteiger partial charge in [-0.1, -0.05) is 40.0 Å². The van der Waals surface area contributed by atoms with E-state index < -0.39 is 0 Å². The summed E-state index contributed by atoms with van der Waals surface area (Å²) in [5.41, 5.74) is 3.04. The summed E-state index contributed by atoms with van der Waals surface area (Å²) in [5, 5.41) is 8.88. The van der Waals surface area contributed by atoms with Gasteiger partial charge in [-0.05, 0) is 43.3 Å². The van der Waals surface area contributed by atoms with Gasteiger partial charge in [0, 0.05) is 26.6 Å². The molecule has 0 spiro atoms. The largest absolute Gasteiger partial charge is 0.366 e. The number of unbranched alkanes of at least 4 members (excludes halogenated alkanes) is 3. The molecule has 3 rings (SSSR count). The van der Waals surface area contributed by atoms with Crippen LogP contribution in [-0.2, 0) is 13.0 Å². The van der Waals surface area contributed by atoms with Crippen molar-refractivity contribution >= 4 is 23.1 Å². The Kier molecular flexibility index (Phi) is 6.24. The smallest absolute Gasteiger partial charge is 0.169 e. The van der Waals surface area contributed by atoms with E-state index in [1.54, 1.807) is 0 Å². The van der Waals surface area contributed by atoms with E-state index in [-0.39, 0.29) is 17.2 Å². The number of rotatable bonds is 6. The Morgan fingerprint density at radius 3 is 2.78 bits per heavy atom. The topological polar surface area (TPSA) is 50.2 Å². The van der Waals surface area contributed by atoms with E-state index in [0.717, 1.165) is 60.8 Å². The molecule has 1 aliphatic heterocycles. The first kappa shape index (κ1) is 20.3. The molecule has 2 aliphatic rings. The highest BCUT2D eigenvalue weighted by Gasteiger charge is 2.40. The highest BCUT2D eigenvalue weighted by atomic mass is 32.1. The number of aryl methyl sites for hydroxylation is 1. The van der Waals surface area contributed by atoms with Crippen LogP contribution in [0.3, 0.4) is 0 Å². The number of aromatic nitrogens is 2. The molecule has 5 nitrogen and oxygen atoms in total. The maximum Gasteiger partial charge on any atom is 0.169 e. The summed E-state index contributed by atoms with van der Waals surface area (Å²) < 4.78 is 2.15. The number of nitrogens with zero attached hydrogens (tertiary/aromatic N) is 3. The zero-order chi connectivity index (χ0) is 19.6. The molecule has 0 radical (unpaired) electrons. The van der Waals surface area contributed by atoms with E-state index in [4.69, 9.17) is 17.3 Å². The second kappa shape index (κ2) is 8.29. The molecular formula is C21H34N4OS. The summed E-state index contributed by atoms with van der Waals surface area (Å²) in [5.74, 6) is 0.262. The van der Waals surface area contributed by atoms with Crippen molar-refractivity contribution in [2.45, 2.75) is 84.7 Å². The molecule has 1 aromatic heterocycles. The van der Waals surface area contributed by atoms with Gasteiger partial charge in [-0.15, -0.1) is 0 Å². The van der Waals surface area contributed by atoms with Crippen molar-refractivity contribution in [2.24, 2.45) is 5.41 Å². The summed E-state index contributed by atoms with van der Waals surface area (Å²) >= 11 is 5.51. The lowest BCUT2D eigenvalue weighted by Gasteiger charge is -2.30. The molecule has 1 fully saturated rings. The number of hydrogen-bond donors (Lipinski definition) is 1. The molecule has 1 aromatic rings. The molecule has 0 amide bonds. The van der Waals surface area contributed by atoms with Gasteiger partial charge in [0.2, 0.25) is 0 Å². The predicted molar refractivity (Wildman–Crippen MR) is 113 cm³/mol. The summed E-state index contributed by atoms with van der Waals surface area (Å²) in [7, 11) is 1.87. The van der Waals surface area contributed by atoms with Crippen LogP contribution in [0, 0.1) is 5.41 Å². The van der Waals surface area contributed by atoms with Crippen LogP contribution >= 0.6 is 12.2 Å². The van der Waals surface area contributed by atoms with Crippen molar-refractivity contribution in [1.82, 2.24) is 20.0 Å². The second-order valence-electron chi connectivity index (χ2n) is 8.84. The zero-order valence-electron chi connectivity index (χ0n) is 17.3. The summed E-state index contributed by atoms with van der Waals surface area (Å²) in [6.07, 6.45) is 8.47. The summed E-state index contributed by atoms with van der Waals surface area (Å²) in [6, 6.07) is 0.126. The van der Waals surface area contributed by atoms with Crippen LogP contribution in [0.4, 0.5) is 0 Å². The van der Waals surface area contributed by atoms with Gasteiger partial charge >= 0.3 is 0 Å². The minimum absolute atomic E-state index is 0.0121. The van der Waals surface area contributed by atoms with Gasteiger partial charge in [0.1, 0.15) is 0 Å². The lowest BCUT2D eigenvalue weighted by Crippen LogP contribution is -2.38. The van der Waals surface area contributed by atoms with E-state index in [9.17, 15) is 4.79 Å². The fraction of sp³-hybridized carbons (Fsp3) is 0.762. The van der Waals surface area contributed by atoms with Crippen LogP contribution in [-0.4, -0.2) is 39.2 Å². The molecule has 1 saturated heterocycles. The number of likely N-dealkylation sites (tertiary alicyclic amines) is 1. The zero-order valence-corrected chi connectivity index (χ0v) is 18.1. The molecule has 1 atom stereocenters. The first-order valence-electron chi connectivity index (χ1n) is 10.5. The molecule has 150 valence electrons. The van der Waals surface area contributed by atoms with E-state index >= 15 is 0 Å². The third-order valence-electron chi connectivity index (χ3n) is 5.92. The Labute approximate surface area is 168 Å². The lowest BCUT2D eigenvalue weighted by molar-refractivity contribution is 0.0907. The number of carbonyl (C=O) groups is 1. The Morgan fingerprint density at radius 1 is 1.30 bits per heavy atom. The molecule has 0 unspecified atom stereocenters. The fourth-order valence-electron chi connectivity index (χ4n) is 4.58. The van der Waals surface area contributed by atoms with Gasteiger partial charge in [0.05, 0.1) is 23.0 Å². The minimum atomic E-state index is 0.0121. The standard InChI is InChI=1S/C21H34N4OS/c1-5-6-7-8-12-25-16-13-21(2,3)14-17(26)18(16)19(23-25)15-10-9-11-24(15)20(27)22-4/h15H,5-14H2,1-4H3,(H,22,27)/t15-/m0/s1. The van der Waals surface area contributed by atoms with Gasteiger partial charge in [-0.3, -0.25) is 9.48 Å². The van der Waals surface area contributed by atoms with Crippen molar-refractivity contribution in [3.05, 3.63) is 17.0 Å². The predicted octanol–water partition coefficient (Wildman–Crippen LogP) is 4.26. The maximum absolute atomic E-state index is 13.1. The highest BCUT2D eigenvalue weighted by Crippen LogP contribution is 2.41. The van der Waals surface area contributed by atoms with Crippen molar-refractivity contribution in [3.63, 3.8) is 0 Å². The highest BCUT2D eigenvalue weighted by molar-refractivity contribution is 7.80. The number of thiocarbonyl (C=S) groups is 1. The van der Waals surface area contributed by atoms with Gasteiger partial charge in [0.25, 0.3) is 0 Å². The normalized spacial score (nSPS) is 21.4. The number of Topliss-reactive ketones (excluding diaryl/α,β-unsaturated/α-hetero) is 1. The summed E-state index contributed by atoms with van der Waals surface area (Å²) in [4.78, 5) is 15.3. The first-order chi connectivity index (χ1) is 12.9. The number of nitrogens with one attached hydrogen (secondary N) is 1. The van der Waals surface area contributed by atoms with E-state index in [2.05, 4.69) is 35.7 Å². The molecule has 2 heterocycles. The SMILES string of the molecule is CCCCCCn1nc([C@@H]2CCCN2C(=S)NC)c2c1CC(C)(C)CC2=O. The Bertz CT molecular complexity index is 709. The lowest BCUT2D eigenvalue weighted by atomic mass is 9.75. The van der Waals surface area contributed by atoms with Gasteiger partial charge in [0.15, 0.2) is 10.9 Å². The van der Waals surface area contributed by atoms with Crippen LogP contribution in [0.25, 0.3) is 0 Å². The van der Waals surface area contributed by atoms with E-state index in [0.29, 0.717) is 6.42 Å². The Morgan fingerprint density at radius 2 is 2.07 bits per heavy atom. The van der Waals surface area contributed by atoms with Gasteiger partial charge < -0.3 is 10.2 Å². The molecule has 1 N–H and O–H groups in total. The Balaban J connectivity index is 1.95. The summed E-state index contributed by atoms with van der Waals surface area (Å²) in [6.45, 7) is 8.46. The molecule has 0 saturated carbocycles. The van der Waals surface area contributed by atoms with Crippen molar-refractivity contribution in [1.29, 1.82) is 0 Å².